The highest BCUT2D eigenvalue weighted by molar-refractivity contribution is 7.09. The number of nitrogens with zero attached hydrogens (tertiary/aromatic N) is 1. The van der Waals surface area contributed by atoms with Crippen molar-refractivity contribution in [2.75, 3.05) is 5.32 Å². The third-order valence-corrected chi connectivity index (χ3v) is 3.96. The number of anilines is 1. The topological polar surface area (TPSA) is 62.2 Å². The van der Waals surface area contributed by atoms with Gasteiger partial charge in [0.15, 0.2) is 0 Å². The monoisotopic (exact) mass is 310 g/mol. The molecule has 110 valence electrons. The largest absolute Gasteiger partial charge is 0.508 e. The lowest BCUT2D eigenvalue weighted by atomic mass is 10.2. The molecule has 2 aromatic carbocycles. The number of phenols is 1. The molecule has 0 aliphatic carbocycles. The molecule has 22 heavy (non-hydrogen) atoms. The van der Waals surface area contributed by atoms with Crippen LogP contribution in [0.1, 0.15) is 21.1 Å². The van der Waals surface area contributed by atoms with Crippen LogP contribution in [0.5, 0.6) is 5.75 Å². The normalized spacial score (nSPS) is 10.4. The highest BCUT2D eigenvalue weighted by Gasteiger charge is 2.11. The Labute approximate surface area is 132 Å². The van der Waals surface area contributed by atoms with Gasteiger partial charge in [-0.05, 0) is 29.8 Å². The van der Waals surface area contributed by atoms with E-state index < -0.39 is 0 Å². The van der Waals surface area contributed by atoms with E-state index in [0.717, 1.165) is 11.4 Å². The quantitative estimate of drug-likeness (QED) is 0.722. The standard InChI is InChI=1S/C17H14N2O2S/c20-14-8-6-13(7-9-14)18-17(21)15-11-22-16(19-15)10-12-4-2-1-3-5-12/h1-9,11,20H,10H2,(H,18,21). The van der Waals surface area contributed by atoms with Gasteiger partial charge >= 0.3 is 0 Å². The number of hydrogen-bond donors (Lipinski definition) is 2. The van der Waals surface area contributed by atoms with E-state index in [4.69, 9.17) is 0 Å². The van der Waals surface area contributed by atoms with E-state index in [1.54, 1.807) is 17.5 Å². The Morgan fingerprint density at radius 3 is 2.55 bits per heavy atom. The lowest BCUT2D eigenvalue weighted by molar-refractivity contribution is 0.102. The highest BCUT2D eigenvalue weighted by Crippen LogP contribution is 2.17. The van der Waals surface area contributed by atoms with Crippen LogP contribution in [0, 0.1) is 0 Å². The smallest absolute Gasteiger partial charge is 0.275 e. The van der Waals surface area contributed by atoms with Crippen LogP contribution in [0.3, 0.4) is 0 Å². The van der Waals surface area contributed by atoms with E-state index in [-0.39, 0.29) is 11.7 Å². The minimum absolute atomic E-state index is 0.164. The number of hydrogen-bond acceptors (Lipinski definition) is 4. The molecule has 0 atom stereocenters. The van der Waals surface area contributed by atoms with Crippen LogP contribution in [0.25, 0.3) is 0 Å². The summed E-state index contributed by atoms with van der Waals surface area (Å²) in [5.74, 6) is -0.0851. The maximum atomic E-state index is 12.1. The molecular weight excluding hydrogens is 296 g/mol. The maximum absolute atomic E-state index is 12.1. The summed E-state index contributed by atoms with van der Waals surface area (Å²) >= 11 is 1.47. The van der Waals surface area contributed by atoms with Crippen LogP contribution in [0.2, 0.25) is 0 Å². The number of nitrogens with one attached hydrogen (secondary N) is 1. The number of carbonyl (C=O) groups is 1. The molecule has 0 aliphatic heterocycles. The number of amides is 1. The minimum atomic E-state index is -0.249. The molecule has 0 radical (unpaired) electrons. The zero-order chi connectivity index (χ0) is 15.4. The summed E-state index contributed by atoms with van der Waals surface area (Å²) in [5, 5.41) is 14.6. The number of aromatic hydroxyl groups is 1. The summed E-state index contributed by atoms with van der Waals surface area (Å²) in [7, 11) is 0. The first-order valence-corrected chi connectivity index (χ1v) is 7.67. The van der Waals surface area contributed by atoms with E-state index in [1.165, 1.54) is 29.0 Å². The van der Waals surface area contributed by atoms with E-state index in [0.29, 0.717) is 11.4 Å². The van der Waals surface area contributed by atoms with Gasteiger partial charge in [0.2, 0.25) is 0 Å². The van der Waals surface area contributed by atoms with Crippen molar-refractivity contribution in [1.82, 2.24) is 4.98 Å². The summed E-state index contributed by atoms with van der Waals surface area (Å²) in [6, 6.07) is 16.4. The molecule has 1 amide bonds. The second-order valence-electron chi connectivity index (χ2n) is 4.79. The predicted octanol–water partition coefficient (Wildman–Crippen LogP) is 3.69. The number of aromatic nitrogens is 1. The molecule has 0 saturated heterocycles. The Morgan fingerprint density at radius 1 is 1.09 bits per heavy atom. The fraction of sp³-hybridized carbons (Fsp3) is 0.0588. The zero-order valence-corrected chi connectivity index (χ0v) is 12.5. The van der Waals surface area contributed by atoms with Crippen molar-refractivity contribution >= 4 is 22.9 Å². The fourth-order valence-corrected chi connectivity index (χ4v) is 2.82. The molecule has 0 spiro atoms. The number of phenolic OH excluding ortho intramolecular Hbond substituents is 1. The second-order valence-corrected chi connectivity index (χ2v) is 5.73. The van der Waals surface area contributed by atoms with Crippen molar-refractivity contribution in [2.24, 2.45) is 0 Å². The number of carbonyl (C=O) groups excluding carboxylic acids is 1. The molecule has 0 bridgehead atoms. The molecular formula is C17H14N2O2S. The molecule has 0 unspecified atom stereocenters. The van der Waals surface area contributed by atoms with Crippen LogP contribution < -0.4 is 5.32 Å². The maximum Gasteiger partial charge on any atom is 0.275 e. The highest BCUT2D eigenvalue weighted by atomic mass is 32.1. The lowest BCUT2D eigenvalue weighted by Crippen LogP contribution is -2.12. The number of rotatable bonds is 4. The molecule has 5 heteroatoms. The Kier molecular flexibility index (Phi) is 4.16. The third-order valence-electron chi connectivity index (χ3n) is 3.11. The van der Waals surface area contributed by atoms with Crippen molar-refractivity contribution in [1.29, 1.82) is 0 Å². The minimum Gasteiger partial charge on any atom is -0.508 e. The Bertz CT molecular complexity index is 767. The van der Waals surface area contributed by atoms with Gasteiger partial charge < -0.3 is 10.4 Å². The number of thiazole rings is 1. The average molecular weight is 310 g/mol. The van der Waals surface area contributed by atoms with Crippen LogP contribution in [-0.2, 0) is 6.42 Å². The van der Waals surface area contributed by atoms with Gasteiger partial charge in [0.05, 0.1) is 5.01 Å². The zero-order valence-electron chi connectivity index (χ0n) is 11.7. The van der Waals surface area contributed by atoms with Gasteiger partial charge in [-0.15, -0.1) is 11.3 Å². The van der Waals surface area contributed by atoms with Gasteiger partial charge in [-0.2, -0.15) is 0 Å². The van der Waals surface area contributed by atoms with Crippen LogP contribution in [0.4, 0.5) is 5.69 Å². The van der Waals surface area contributed by atoms with Gasteiger partial charge in [0.25, 0.3) is 5.91 Å². The van der Waals surface area contributed by atoms with Crippen LogP contribution in [0.15, 0.2) is 60.0 Å². The number of benzene rings is 2. The Balaban J connectivity index is 1.67. The molecule has 3 rings (SSSR count). The average Bonchev–Trinajstić information content (AvgIpc) is 2.99. The lowest BCUT2D eigenvalue weighted by Gasteiger charge is -2.02. The SMILES string of the molecule is O=C(Nc1ccc(O)cc1)c1csc(Cc2ccccc2)n1. The molecule has 2 N–H and O–H groups in total. The van der Waals surface area contributed by atoms with E-state index in [1.807, 2.05) is 30.3 Å². The summed E-state index contributed by atoms with van der Waals surface area (Å²) in [6.45, 7) is 0. The van der Waals surface area contributed by atoms with Crippen molar-refractivity contribution in [3.63, 3.8) is 0 Å². The fourth-order valence-electron chi connectivity index (χ4n) is 2.01. The Morgan fingerprint density at radius 2 is 1.82 bits per heavy atom. The predicted molar refractivity (Wildman–Crippen MR) is 87.4 cm³/mol. The van der Waals surface area contributed by atoms with Gasteiger partial charge in [-0.1, -0.05) is 30.3 Å². The summed E-state index contributed by atoms with van der Waals surface area (Å²) in [5.41, 5.74) is 2.20. The first-order valence-electron chi connectivity index (χ1n) is 6.79. The van der Waals surface area contributed by atoms with E-state index in [2.05, 4.69) is 10.3 Å². The molecule has 1 aromatic heterocycles. The first-order chi connectivity index (χ1) is 10.7. The Hall–Kier alpha value is -2.66. The molecule has 4 nitrogen and oxygen atoms in total. The summed E-state index contributed by atoms with van der Waals surface area (Å²) in [4.78, 5) is 16.5. The van der Waals surface area contributed by atoms with Crippen LogP contribution >= 0.6 is 11.3 Å². The van der Waals surface area contributed by atoms with Crippen LogP contribution in [-0.4, -0.2) is 16.0 Å². The van der Waals surface area contributed by atoms with Gasteiger partial charge in [0.1, 0.15) is 11.4 Å². The first kappa shape index (κ1) is 14.3. The van der Waals surface area contributed by atoms with E-state index >= 15 is 0 Å². The summed E-state index contributed by atoms with van der Waals surface area (Å²) in [6.07, 6.45) is 0.720. The molecule has 0 saturated carbocycles. The molecule has 0 fully saturated rings. The summed E-state index contributed by atoms with van der Waals surface area (Å²) < 4.78 is 0. The van der Waals surface area contributed by atoms with Crippen molar-refractivity contribution in [3.8, 4) is 5.75 Å². The van der Waals surface area contributed by atoms with Gasteiger partial charge in [0, 0.05) is 17.5 Å². The molecule has 3 aromatic rings. The van der Waals surface area contributed by atoms with Gasteiger partial charge in [-0.3, -0.25) is 4.79 Å². The second kappa shape index (κ2) is 6.41. The van der Waals surface area contributed by atoms with Gasteiger partial charge in [-0.25, -0.2) is 4.98 Å². The third kappa shape index (κ3) is 3.51. The molecule has 0 aliphatic rings. The van der Waals surface area contributed by atoms with Crippen molar-refractivity contribution < 1.29 is 9.90 Å². The molecule has 1 heterocycles. The van der Waals surface area contributed by atoms with E-state index in [9.17, 15) is 9.90 Å². The van der Waals surface area contributed by atoms with Crippen molar-refractivity contribution in [2.45, 2.75) is 6.42 Å². The van der Waals surface area contributed by atoms with Crippen molar-refractivity contribution in [3.05, 3.63) is 76.2 Å².